The predicted octanol–water partition coefficient (Wildman–Crippen LogP) is 1.17. The highest BCUT2D eigenvalue weighted by molar-refractivity contribution is 5.92. The number of likely N-dealkylation sites (tertiary alicyclic amines) is 1. The van der Waals surface area contributed by atoms with Gasteiger partial charge in [-0.25, -0.2) is 4.39 Å². The maximum Gasteiger partial charge on any atom is 0.307 e. The zero-order valence-electron chi connectivity index (χ0n) is 10.3. The lowest BCUT2D eigenvalue weighted by molar-refractivity contribution is -0.141. The summed E-state index contributed by atoms with van der Waals surface area (Å²) in [6.07, 6.45) is 0.569. The molecule has 1 aromatic rings. The zero-order chi connectivity index (χ0) is 13.8. The number of rotatable bonds is 4. The van der Waals surface area contributed by atoms with Crippen molar-refractivity contribution in [2.24, 2.45) is 5.92 Å². The van der Waals surface area contributed by atoms with Crippen molar-refractivity contribution in [2.75, 3.05) is 25.0 Å². The number of carbonyl (C=O) groups is 2. The second-order valence-corrected chi connectivity index (χ2v) is 4.61. The molecular formula is C13H15FN2O3. The molecule has 1 saturated heterocycles. The highest BCUT2D eigenvalue weighted by Gasteiger charge is 2.28. The minimum absolute atomic E-state index is 0.154. The molecule has 1 atom stereocenters. The van der Waals surface area contributed by atoms with Gasteiger partial charge in [0.15, 0.2) is 0 Å². The van der Waals surface area contributed by atoms with E-state index >= 15 is 0 Å². The fraction of sp³-hybridized carbons (Fsp3) is 0.385. The van der Waals surface area contributed by atoms with Crippen molar-refractivity contribution in [3.05, 3.63) is 30.1 Å². The van der Waals surface area contributed by atoms with Crippen LogP contribution in [0, 0.1) is 11.7 Å². The van der Waals surface area contributed by atoms with Crippen molar-refractivity contribution in [1.82, 2.24) is 4.90 Å². The second kappa shape index (κ2) is 5.79. The van der Waals surface area contributed by atoms with Crippen LogP contribution in [0.1, 0.15) is 6.42 Å². The van der Waals surface area contributed by atoms with Crippen LogP contribution in [0.2, 0.25) is 0 Å². The van der Waals surface area contributed by atoms with Crippen LogP contribution in [0.4, 0.5) is 10.1 Å². The Balaban J connectivity index is 1.82. The van der Waals surface area contributed by atoms with Crippen LogP contribution in [-0.2, 0) is 9.59 Å². The van der Waals surface area contributed by atoms with Crippen LogP contribution >= 0.6 is 0 Å². The van der Waals surface area contributed by atoms with Gasteiger partial charge < -0.3 is 10.4 Å². The van der Waals surface area contributed by atoms with E-state index in [0.717, 1.165) is 0 Å². The number of hydrogen-bond donors (Lipinski definition) is 2. The summed E-state index contributed by atoms with van der Waals surface area (Å²) in [6.45, 7) is 1.15. The lowest BCUT2D eigenvalue weighted by Crippen LogP contribution is -2.32. The van der Waals surface area contributed by atoms with Gasteiger partial charge in [-0.05, 0) is 37.2 Å². The number of nitrogens with zero attached hydrogens (tertiary/aromatic N) is 1. The van der Waals surface area contributed by atoms with Crippen LogP contribution in [-0.4, -0.2) is 41.5 Å². The lowest BCUT2D eigenvalue weighted by atomic mass is 10.1. The Hall–Kier alpha value is -1.95. The summed E-state index contributed by atoms with van der Waals surface area (Å²) in [5.41, 5.74) is 0.528. The summed E-state index contributed by atoms with van der Waals surface area (Å²) in [7, 11) is 0. The highest BCUT2D eigenvalue weighted by atomic mass is 19.1. The van der Waals surface area contributed by atoms with Crippen molar-refractivity contribution < 1.29 is 19.1 Å². The molecule has 2 rings (SSSR count). The standard InChI is InChI=1S/C13H15FN2O3/c14-10-1-3-11(4-2-10)15-12(17)8-16-6-5-9(7-16)13(18)19/h1-4,9H,5-8H2,(H,15,17)(H,18,19). The minimum atomic E-state index is -0.818. The second-order valence-electron chi connectivity index (χ2n) is 4.61. The van der Waals surface area contributed by atoms with Crippen molar-refractivity contribution in [3.8, 4) is 0 Å². The molecule has 5 nitrogen and oxygen atoms in total. The van der Waals surface area contributed by atoms with Gasteiger partial charge in [0.2, 0.25) is 5.91 Å². The molecule has 6 heteroatoms. The molecule has 0 spiro atoms. The normalized spacial score (nSPS) is 19.3. The van der Waals surface area contributed by atoms with Crippen molar-refractivity contribution in [2.45, 2.75) is 6.42 Å². The highest BCUT2D eigenvalue weighted by Crippen LogP contribution is 2.16. The molecule has 0 bridgehead atoms. The minimum Gasteiger partial charge on any atom is -0.481 e. The van der Waals surface area contributed by atoms with Gasteiger partial charge in [-0.15, -0.1) is 0 Å². The zero-order valence-corrected chi connectivity index (χ0v) is 10.3. The average molecular weight is 266 g/mol. The van der Waals surface area contributed by atoms with Crippen molar-refractivity contribution >= 4 is 17.6 Å². The third-order valence-electron chi connectivity index (χ3n) is 3.12. The van der Waals surface area contributed by atoms with Gasteiger partial charge in [-0.3, -0.25) is 14.5 Å². The molecule has 102 valence electrons. The number of halogens is 1. The Kier molecular flexibility index (Phi) is 4.11. The largest absolute Gasteiger partial charge is 0.481 e. The van der Waals surface area contributed by atoms with E-state index in [2.05, 4.69) is 5.32 Å². The van der Waals surface area contributed by atoms with Crippen LogP contribution in [0.25, 0.3) is 0 Å². The number of hydrogen-bond acceptors (Lipinski definition) is 3. The molecular weight excluding hydrogens is 251 g/mol. The molecule has 2 N–H and O–H groups in total. The molecule has 1 heterocycles. The molecule has 1 amide bonds. The topological polar surface area (TPSA) is 69.6 Å². The van der Waals surface area contributed by atoms with Crippen LogP contribution in [0.15, 0.2) is 24.3 Å². The first-order chi connectivity index (χ1) is 9.04. The monoisotopic (exact) mass is 266 g/mol. The molecule has 1 unspecified atom stereocenters. The Bertz CT molecular complexity index is 475. The molecule has 0 saturated carbocycles. The number of carbonyl (C=O) groups excluding carboxylic acids is 1. The van der Waals surface area contributed by atoms with E-state index in [1.165, 1.54) is 24.3 Å². The van der Waals surface area contributed by atoms with Crippen molar-refractivity contribution in [1.29, 1.82) is 0 Å². The Morgan fingerprint density at radius 3 is 2.63 bits per heavy atom. The summed E-state index contributed by atoms with van der Waals surface area (Å²) in [6, 6.07) is 5.51. The van der Waals surface area contributed by atoms with E-state index in [-0.39, 0.29) is 18.3 Å². The van der Waals surface area contributed by atoms with E-state index in [1.807, 2.05) is 0 Å². The van der Waals surface area contributed by atoms with E-state index in [9.17, 15) is 14.0 Å². The van der Waals surface area contributed by atoms with Crippen LogP contribution in [0.3, 0.4) is 0 Å². The van der Waals surface area contributed by atoms with Gasteiger partial charge in [0.1, 0.15) is 5.82 Å². The third-order valence-corrected chi connectivity index (χ3v) is 3.12. The summed E-state index contributed by atoms with van der Waals surface area (Å²) < 4.78 is 12.7. The van der Waals surface area contributed by atoms with E-state index in [4.69, 9.17) is 5.11 Å². The fourth-order valence-corrected chi connectivity index (χ4v) is 2.11. The fourth-order valence-electron chi connectivity index (χ4n) is 2.11. The van der Waals surface area contributed by atoms with E-state index < -0.39 is 11.9 Å². The number of carboxylic acids is 1. The van der Waals surface area contributed by atoms with Gasteiger partial charge in [0, 0.05) is 12.2 Å². The average Bonchev–Trinajstić information content (AvgIpc) is 2.80. The number of carboxylic acid groups (broad SMARTS) is 1. The molecule has 0 radical (unpaired) electrons. The maximum atomic E-state index is 12.7. The van der Waals surface area contributed by atoms with Gasteiger partial charge in [-0.2, -0.15) is 0 Å². The molecule has 1 aliphatic rings. The first kappa shape index (κ1) is 13.5. The van der Waals surface area contributed by atoms with E-state index in [1.54, 1.807) is 4.90 Å². The first-order valence-electron chi connectivity index (χ1n) is 6.05. The molecule has 1 aliphatic heterocycles. The third kappa shape index (κ3) is 3.75. The SMILES string of the molecule is O=C(CN1CCC(C(=O)O)C1)Nc1ccc(F)cc1. The summed E-state index contributed by atoms with van der Waals surface area (Å²) in [5.74, 6) is -1.79. The molecule has 0 aliphatic carbocycles. The van der Waals surface area contributed by atoms with Crippen molar-refractivity contribution in [3.63, 3.8) is 0 Å². The number of benzene rings is 1. The summed E-state index contributed by atoms with van der Waals surface area (Å²) >= 11 is 0. The van der Waals surface area contributed by atoms with Gasteiger partial charge in [0.05, 0.1) is 12.5 Å². The van der Waals surface area contributed by atoms with Gasteiger partial charge >= 0.3 is 5.97 Å². The summed E-state index contributed by atoms with van der Waals surface area (Å²) in [4.78, 5) is 24.3. The number of aliphatic carboxylic acids is 1. The number of amides is 1. The van der Waals surface area contributed by atoms with Crippen LogP contribution < -0.4 is 5.32 Å². The Morgan fingerprint density at radius 1 is 1.37 bits per heavy atom. The molecule has 1 fully saturated rings. The molecule has 1 aromatic carbocycles. The lowest BCUT2D eigenvalue weighted by Gasteiger charge is -2.14. The quantitative estimate of drug-likeness (QED) is 0.858. The Labute approximate surface area is 110 Å². The van der Waals surface area contributed by atoms with Crippen LogP contribution in [0.5, 0.6) is 0 Å². The smallest absolute Gasteiger partial charge is 0.307 e. The van der Waals surface area contributed by atoms with Gasteiger partial charge in [0.25, 0.3) is 0 Å². The van der Waals surface area contributed by atoms with Gasteiger partial charge in [-0.1, -0.05) is 0 Å². The first-order valence-corrected chi connectivity index (χ1v) is 6.05. The maximum absolute atomic E-state index is 12.7. The molecule has 19 heavy (non-hydrogen) atoms. The Morgan fingerprint density at radius 2 is 2.05 bits per heavy atom. The molecule has 0 aromatic heterocycles. The summed E-state index contributed by atoms with van der Waals surface area (Å²) in [5, 5.41) is 11.5. The van der Waals surface area contributed by atoms with E-state index in [0.29, 0.717) is 25.2 Å². The number of anilines is 1. The predicted molar refractivity (Wildman–Crippen MR) is 67.2 cm³/mol. The number of nitrogens with one attached hydrogen (secondary N) is 1.